The van der Waals surface area contributed by atoms with Crippen molar-refractivity contribution < 1.29 is 9.90 Å². The van der Waals surface area contributed by atoms with Crippen LogP contribution in [0.1, 0.15) is 24.3 Å². The highest BCUT2D eigenvalue weighted by Crippen LogP contribution is 2.44. The molecule has 114 valence electrons. The predicted molar refractivity (Wildman–Crippen MR) is 89.2 cm³/mol. The van der Waals surface area contributed by atoms with Crippen molar-refractivity contribution in [1.82, 2.24) is 9.88 Å². The fourth-order valence-electron chi connectivity index (χ4n) is 3.02. The number of para-hydroxylation sites is 1. The third-order valence-corrected chi connectivity index (χ3v) is 5.03. The van der Waals surface area contributed by atoms with Crippen LogP contribution in [0.3, 0.4) is 0 Å². The number of nitrogens with one attached hydrogen (secondary N) is 1. The molecular formula is C15H19ClN2O2S. The number of hydrogen-bond donors (Lipinski definition) is 2. The van der Waals surface area contributed by atoms with E-state index < -0.39 is 6.09 Å². The van der Waals surface area contributed by atoms with E-state index in [1.165, 1.54) is 10.1 Å². The van der Waals surface area contributed by atoms with Crippen LogP contribution >= 0.6 is 24.2 Å². The van der Waals surface area contributed by atoms with Crippen LogP contribution in [-0.2, 0) is 0 Å². The van der Waals surface area contributed by atoms with Gasteiger partial charge in [0.1, 0.15) is 0 Å². The molecule has 2 N–H and O–H groups in total. The molecule has 0 bridgehead atoms. The van der Waals surface area contributed by atoms with Crippen molar-refractivity contribution >= 4 is 41.2 Å². The Morgan fingerprint density at radius 3 is 2.95 bits per heavy atom. The lowest BCUT2D eigenvalue weighted by Crippen LogP contribution is -2.17. The molecule has 21 heavy (non-hydrogen) atoms. The van der Waals surface area contributed by atoms with Gasteiger partial charge >= 0.3 is 6.09 Å². The Hall–Kier alpha value is -1.17. The van der Waals surface area contributed by atoms with Gasteiger partial charge in [0.2, 0.25) is 0 Å². The maximum Gasteiger partial charge on any atom is 0.416 e. The van der Waals surface area contributed by atoms with Gasteiger partial charge in [-0.1, -0.05) is 18.2 Å². The van der Waals surface area contributed by atoms with Crippen LogP contribution in [0.4, 0.5) is 4.79 Å². The molecule has 0 aliphatic carbocycles. The van der Waals surface area contributed by atoms with Gasteiger partial charge in [-0.25, -0.2) is 9.36 Å². The van der Waals surface area contributed by atoms with Crippen LogP contribution in [0.2, 0.25) is 0 Å². The molecule has 1 aliphatic rings. The second-order valence-electron chi connectivity index (χ2n) is 5.08. The average molecular weight is 327 g/mol. The van der Waals surface area contributed by atoms with Crippen LogP contribution in [-0.4, -0.2) is 35.1 Å². The molecule has 1 unspecified atom stereocenters. The van der Waals surface area contributed by atoms with Crippen molar-refractivity contribution in [2.24, 2.45) is 0 Å². The minimum absolute atomic E-state index is 0. The molecular weight excluding hydrogens is 308 g/mol. The summed E-state index contributed by atoms with van der Waals surface area (Å²) in [6.07, 6.45) is 1.29. The molecule has 4 nitrogen and oxygen atoms in total. The van der Waals surface area contributed by atoms with E-state index in [-0.39, 0.29) is 12.4 Å². The SMILES string of the molecule is CNCCC1CCSc2c1c1ccccc1n2C(=O)O.Cl. The molecule has 1 aromatic carbocycles. The van der Waals surface area contributed by atoms with Gasteiger partial charge in [0.25, 0.3) is 0 Å². The van der Waals surface area contributed by atoms with Crippen LogP contribution < -0.4 is 5.32 Å². The number of thioether (sulfide) groups is 1. The second-order valence-corrected chi connectivity index (χ2v) is 6.16. The summed E-state index contributed by atoms with van der Waals surface area (Å²) in [7, 11) is 1.96. The number of aromatic nitrogens is 1. The second kappa shape index (κ2) is 6.73. The average Bonchev–Trinajstić information content (AvgIpc) is 2.80. The fraction of sp³-hybridized carbons (Fsp3) is 0.400. The third kappa shape index (κ3) is 2.78. The summed E-state index contributed by atoms with van der Waals surface area (Å²) in [4.78, 5) is 11.6. The van der Waals surface area contributed by atoms with Gasteiger partial charge in [-0.3, -0.25) is 0 Å². The van der Waals surface area contributed by atoms with Gasteiger partial charge in [0.05, 0.1) is 10.5 Å². The molecule has 2 heterocycles. The van der Waals surface area contributed by atoms with Crippen LogP contribution in [0, 0.1) is 0 Å². The molecule has 0 fully saturated rings. The number of carbonyl (C=O) groups is 1. The zero-order valence-electron chi connectivity index (χ0n) is 11.8. The van der Waals surface area contributed by atoms with Crippen molar-refractivity contribution in [3.05, 3.63) is 29.8 Å². The van der Waals surface area contributed by atoms with Gasteiger partial charge < -0.3 is 10.4 Å². The lowest BCUT2D eigenvalue weighted by atomic mass is 9.92. The van der Waals surface area contributed by atoms with Gasteiger partial charge in [-0.05, 0) is 44.0 Å². The van der Waals surface area contributed by atoms with Crippen molar-refractivity contribution in [2.75, 3.05) is 19.3 Å². The Morgan fingerprint density at radius 1 is 1.48 bits per heavy atom. The summed E-state index contributed by atoms with van der Waals surface area (Å²) >= 11 is 1.67. The summed E-state index contributed by atoms with van der Waals surface area (Å²) in [5, 5.41) is 14.7. The molecule has 0 radical (unpaired) electrons. The molecule has 0 saturated carbocycles. The van der Waals surface area contributed by atoms with Crippen molar-refractivity contribution in [2.45, 2.75) is 23.8 Å². The minimum Gasteiger partial charge on any atom is -0.464 e. The first-order chi connectivity index (χ1) is 9.74. The van der Waals surface area contributed by atoms with E-state index >= 15 is 0 Å². The maximum atomic E-state index is 11.6. The van der Waals surface area contributed by atoms with E-state index in [0.717, 1.165) is 41.1 Å². The number of hydrogen-bond acceptors (Lipinski definition) is 3. The van der Waals surface area contributed by atoms with E-state index in [2.05, 4.69) is 5.32 Å². The van der Waals surface area contributed by atoms with Gasteiger partial charge in [0, 0.05) is 11.1 Å². The fourth-order valence-corrected chi connectivity index (χ4v) is 4.35. The van der Waals surface area contributed by atoms with E-state index in [1.807, 2.05) is 31.3 Å². The summed E-state index contributed by atoms with van der Waals surface area (Å²) in [6, 6.07) is 7.84. The molecule has 0 amide bonds. The first kappa shape index (κ1) is 16.2. The summed E-state index contributed by atoms with van der Waals surface area (Å²) in [5.41, 5.74) is 2.04. The Balaban J connectivity index is 0.00000161. The standard InChI is InChI=1S/C15H18N2O2S.ClH/c1-16-8-6-10-7-9-20-14-13(10)11-4-2-3-5-12(11)17(14)15(18)19;/h2-5,10,16H,6-9H2,1H3,(H,18,19);1H. The van der Waals surface area contributed by atoms with Crippen molar-refractivity contribution in [3.63, 3.8) is 0 Å². The molecule has 1 atom stereocenters. The molecule has 0 spiro atoms. The maximum absolute atomic E-state index is 11.6. The predicted octanol–water partition coefficient (Wildman–Crippen LogP) is 3.78. The summed E-state index contributed by atoms with van der Waals surface area (Å²) in [6.45, 7) is 0.960. The lowest BCUT2D eigenvalue weighted by Gasteiger charge is -2.23. The van der Waals surface area contributed by atoms with Crippen molar-refractivity contribution in [3.8, 4) is 0 Å². The van der Waals surface area contributed by atoms with Crippen LogP contribution in [0.15, 0.2) is 29.3 Å². The smallest absolute Gasteiger partial charge is 0.416 e. The van der Waals surface area contributed by atoms with Gasteiger partial charge in [-0.15, -0.1) is 24.2 Å². The Morgan fingerprint density at radius 2 is 2.24 bits per heavy atom. The summed E-state index contributed by atoms with van der Waals surface area (Å²) in [5.74, 6) is 1.44. The molecule has 3 rings (SSSR count). The number of rotatable bonds is 3. The van der Waals surface area contributed by atoms with E-state index in [0.29, 0.717) is 5.92 Å². The number of carboxylic acid groups (broad SMARTS) is 1. The Kier molecular flexibility index (Phi) is 5.19. The molecule has 1 aliphatic heterocycles. The van der Waals surface area contributed by atoms with Crippen LogP contribution in [0.5, 0.6) is 0 Å². The van der Waals surface area contributed by atoms with Gasteiger partial charge in [0.15, 0.2) is 0 Å². The zero-order chi connectivity index (χ0) is 14.1. The Bertz CT molecular complexity index is 656. The van der Waals surface area contributed by atoms with Crippen LogP contribution in [0.25, 0.3) is 10.9 Å². The first-order valence-electron chi connectivity index (χ1n) is 6.88. The monoisotopic (exact) mass is 326 g/mol. The lowest BCUT2D eigenvalue weighted by molar-refractivity contribution is 0.195. The quantitative estimate of drug-likeness (QED) is 0.901. The zero-order valence-corrected chi connectivity index (χ0v) is 13.5. The van der Waals surface area contributed by atoms with Crippen molar-refractivity contribution in [1.29, 1.82) is 0 Å². The topological polar surface area (TPSA) is 54.3 Å². The molecule has 6 heteroatoms. The molecule has 1 aromatic heterocycles. The van der Waals surface area contributed by atoms with E-state index in [1.54, 1.807) is 11.8 Å². The number of benzene rings is 1. The third-order valence-electron chi connectivity index (χ3n) is 3.92. The normalized spacial score (nSPS) is 17.3. The number of nitrogens with zero attached hydrogens (tertiary/aromatic N) is 1. The highest BCUT2D eigenvalue weighted by molar-refractivity contribution is 7.99. The summed E-state index contributed by atoms with van der Waals surface area (Å²) < 4.78 is 1.46. The minimum atomic E-state index is -0.885. The first-order valence-corrected chi connectivity index (χ1v) is 7.86. The number of halogens is 1. The van der Waals surface area contributed by atoms with E-state index in [4.69, 9.17) is 0 Å². The van der Waals surface area contributed by atoms with E-state index in [9.17, 15) is 9.90 Å². The highest BCUT2D eigenvalue weighted by atomic mass is 35.5. The molecule has 2 aromatic rings. The largest absolute Gasteiger partial charge is 0.464 e. The van der Waals surface area contributed by atoms with Gasteiger partial charge in [-0.2, -0.15) is 0 Å². The number of fused-ring (bicyclic) bond motifs is 3. The Labute approximate surface area is 134 Å². The molecule has 0 saturated heterocycles. The highest BCUT2D eigenvalue weighted by Gasteiger charge is 2.29.